The Balaban J connectivity index is 2.12. The van der Waals surface area contributed by atoms with Crippen LogP contribution in [0.15, 0.2) is 18.3 Å². The summed E-state index contributed by atoms with van der Waals surface area (Å²) in [6.45, 7) is 8.82. The molecule has 1 aromatic heterocycles. The van der Waals surface area contributed by atoms with Crippen molar-refractivity contribution in [2.45, 2.75) is 39.0 Å². The third-order valence-corrected chi connectivity index (χ3v) is 3.81. The number of piperazine rings is 1. The van der Waals surface area contributed by atoms with E-state index in [4.69, 9.17) is 0 Å². The second kappa shape index (κ2) is 6.74. The summed E-state index contributed by atoms with van der Waals surface area (Å²) in [5.41, 5.74) is 1.46. The molecule has 0 radical (unpaired) electrons. The fraction of sp³-hybridized carbons (Fsp3) is 0.667. The summed E-state index contributed by atoms with van der Waals surface area (Å²) in [4.78, 5) is 6.93. The minimum atomic E-state index is 0.694. The highest BCUT2D eigenvalue weighted by atomic mass is 15.2. The number of nitrogens with zero attached hydrogens (tertiary/aromatic N) is 2. The zero-order chi connectivity index (χ0) is 12.8. The van der Waals surface area contributed by atoms with Crippen LogP contribution < -0.4 is 10.2 Å². The third kappa shape index (κ3) is 3.22. The Morgan fingerprint density at radius 2 is 2.11 bits per heavy atom. The molecule has 1 aliphatic heterocycles. The molecule has 18 heavy (non-hydrogen) atoms. The summed E-state index contributed by atoms with van der Waals surface area (Å²) in [7, 11) is 0. The predicted octanol–water partition coefficient (Wildman–Crippen LogP) is 2.78. The molecule has 0 aliphatic carbocycles. The van der Waals surface area contributed by atoms with Gasteiger partial charge in [0.2, 0.25) is 0 Å². The lowest BCUT2D eigenvalue weighted by Crippen LogP contribution is -2.43. The number of nitrogens with one attached hydrogen (secondary N) is 1. The Morgan fingerprint density at radius 3 is 2.78 bits per heavy atom. The number of aromatic nitrogens is 1. The zero-order valence-corrected chi connectivity index (χ0v) is 11.7. The average molecular weight is 247 g/mol. The van der Waals surface area contributed by atoms with Crippen LogP contribution in [0.1, 0.15) is 44.6 Å². The standard InChI is InChI=1S/C15H25N3/c1-3-5-13(4-2)14-6-7-17-15(12-14)18-10-8-16-9-11-18/h6-7,12-13,16H,3-5,8-11H2,1-2H3. The van der Waals surface area contributed by atoms with E-state index in [0.717, 1.165) is 32.0 Å². The van der Waals surface area contributed by atoms with Crippen molar-refractivity contribution < 1.29 is 0 Å². The first kappa shape index (κ1) is 13.3. The fourth-order valence-electron chi connectivity index (χ4n) is 2.71. The minimum absolute atomic E-state index is 0.694. The highest BCUT2D eigenvalue weighted by molar-refractivity contribution is 5.42. The van der Waals surface area contributed by atoms with E-state index in [1.54, 1.807) is 0 Å². The highest BCUT2D eigenvalue weighted by Gasteiger charge is 2.14. The van der Waals surface area contributed by atoms with Crippen LogP contribution >= 0.6 is 0 Å². The summed E-state index contributed by atoms with van der Waals surface area (Å²) < 4.78 is 0. The van der Waals surface area contributed by atoms with Crippen molar-refractivity contribution in [2.75, 3.05) is 31.1 Å². The molecule has 1 fully saturated rings. The van der Waals surface area contributed by atoms with Gasteiger partial charge in [-0.3, -0.25) is 0 Å². The Morgan fingerprint density at radius 1 is 1.33 bits per heavy atom. The van der Waals surface area contributed by atoms with E-state index in [0.29, 0.717) is 5.92 Å². The van der Waals surface area contributed by atoms with Crippen molar-refractivity contribution in [3.8, 4) is 0 Å². The molecule has 0 saturated carbocycles. The van der Waals surface area contributed by atoms with Gasteiger partial charge in [-0.05, 0) is 36.5 Å². The van der Waals surface area contributed by atoms with Gasteiger partial charge in [-0.2, -0.15) is 0 Å². The van der Waals surface area contributed by atoms with Crippen LogP contribution in [0.2, 0.25) is 0 Å². The molecule has 0 aromatic carbocycles. The van der Waals surface area contributed by atoms with Gasteiger partial charge < -0.3 is 10.2 Å². The van der Waals surface area contributed by atoms with Crippen LogP contribution in [-0.4, -0.2) is 31.2 Å². The molecule has 1 unspecified atom stereocenters. The van der Waals surface area contributed by atoms with Crippen LogP contribution in [0.5, 0.6) is 0 Å². The van der Waals surface area contributed by atoms with Gasteiger partial charge in [0.15, 0.2) is 0 Å². The molecular weight excluding hydrogens is 222 g/mol. The molecule has 3 heteroatoms. The summed E-state index contributed by atoms with van der Waals surface area (Å²) in [5.74, 6) is 1.85. The summed E-state index contributed by atoms with van der Waals surface area (Å²) >= 11 is 0. The average Bonchev–Trinajstić information content (AvgIpc) is 2.46. The lowest BCUT2D eigenvalue weighted by atomic mass is 9.93. The van der Waals surface area contributed by atoms with Gasteiger partial charge in [0, 0.05) is 32.4 Å². The van der Waals surface area contributed by atoms with E-state index in [-0.39, 0.29) is 0 Å². The largest absolute Gasteiger partial charge is 0.354 e. The fourth-order valence-corrected chi connectivity index (χ4v) is 2.71. The van der Waals surface area contributed by atoms with Crippen molar-refractivity contribution in [2.24, 2.45) is 0 Å². The maximum absolute atomic E-state index is 4.54. The lowest BCUT2D eigenvalue weighted by Gasteiger charge is -2.29. The molecule has 0 spiro atoms. The molecule has 2 rings (SSSR count). The molecule has 1 aromatic rings. The summed E-state index contributed by atoms with van der Waals surface area (Å²) in [6.07, 6.45) is 5.73. The van der Waals surface area contributed by atoms with Gasteiger partial charge in [0.1, 0.15) is 5.82 Å². The molecule has 3 nitrogen and oxygen atoms in total. The molecule has 0 bridgehead atoms. The summed E-state index contributed by atoms with van der Waals surface area (Å²) in [6, 6.07) is 4.49. The number of pyridine rings is 1. The van der Waals surface area contributed by atoms with Crippen molar-refractivity contribution >= 4 is 5.82 Å². The molecule has 2 heterocycles. The smallest absolute Gasteiger partial charge is 0.128 e. The molecule has 1 atom stereocenters. The van der Waals surface area contributed by atoms with E-state index < -0.39 is 0 Å². The van der Waals surface area contributed by atoms with Crippen molar-refractivity contribution in [3.63, 3.8) is 0 Å². The second-order valence-electron chi connectivity index (χ2n) is 5.08. The van der Waals surface area contributed by atoms with Gasteiger partial charge in [-0.1, -0.05) is 20.3 Å². The number of anilines is 1. The molecule has 1 aliphatic rings. The van der Waals surface area contributed by atoms with Crippen LogP contribution in [0.4, 0.5) is 5.82 Å². The molecule has 0 amide bonds. The van der Waals surface area contributed by atoms with Crippen LogP contribution in [0.3, 0.4) is 0 Å². The van der Waals surface area contributed by atoms with Crippen LogP contribution in [-0.2, 0) is 0 Å². The van der Waals surface area contributed by atoms with Gasteiger partial charge in [-0.25, -0.2) is 4.98 Å². The minimum Gasteiger partial charge on any atom is -0.354 e. The van der Waals surface area contributed by atoms with Gasteiger partial charge in [-0.15, -0.1) is 0 Å². The van der Waals surface area contributed by atoms with Crippen molar-refractivity contribution in [1.29, 1.82) is 0 Å². The third-order valence-electron chi connectivity index (χ3n) is 3.81. The Labute approximate surface area is 111 Å². The Hall–Kier alpha value is -1.09. The molecule has 100 valence electrons. The van der Waals surface area contributed by atoms with E-state index in [2.05, 4.69) is 41.2 Å². The first-order valence-electron chi connectivity index (χ1n) is 7.26. The maximum Gasteiger partial charge on any atom is 0.128 e. The topological polar surface area (TPSA) is 28.2 Å². The van der Waals surface area contributed by atoms with Gasteiger partial charge in [0.05, 0.1) is 0 Å². The van der Waals surface area contributed by atoms with Gasteiger partial charge in [0.25, 0.3) is 0 Å². The van der Waals surface area contributed by atoms with Crippen molar-refractivity contribution in [3.05, 3.63) is 23.9 Å². The first-order valence-corrected chi connectivity index (χ1v) is 7.26. The van der Waals surface area contributed by atoms with Gasteiger partial charge >= 0.3 is 0 Å². The first-order chi connectivity index (χ1) is 8.85. The molecule has 1 saturated heterocycles. The van der Waals surface area contributed by atoms with E-state index in [1.807, 2.05) is 6.20 Å². The SMILES string of the molecule is CCCC(CC)c1ccnc(N2CCNCC2)c1. The highest BCUT2D eigenvalue weighted by Crippen LogP contribution is 2.26. The predicted molar refractivity (Wildman–Crippen MR) is 77.3 cm³/mol. The number of hydrogen-bond donors (Lipinski definition) is 1. The monoisotopic (exact) mass is 247 g/mol. The van der Waals surface area contributed by atoms with Crippen molar-refractivity contribution in [1.82, 2.24) is 10.3 Å². The molecule has 1 N–H and O–H groups in total. The van der Waals surface area contributed by atoms with E-state index >= 15 is 0 Å². The summed E-state index contributed by atoms with van der Waals surface area (Å²) in [5, 5.41) is 3.38. The zero-order valence-electron chi connectivity index (χ0n) is 11.7. The number of rotatable bonds is 5. The molecular formula is C15H25N3. The quantitative estimate of drug-likeness (QED) is 0.867. The Bertz CT molecular complexity index is 339. The maximum atomic E-state index is 4.54. The van der Waals surface area contributed by atoms with Crippen LogP contribution in [0.25, 0.3) is 0 Å². The normalized spacial score (nSPS) is 17.8. The number of hydrogen-bond acceptors (Lipinski definition) is 3. The van der Waals surface area contributed by atoms with E-state index in [1.165, 1.54) is 24.8 Å². The van der Waals surface area contributed by atoms with Crippen LogP contribution in [0, 0.1) is 0 Å². The second-order valence-corrected chi connectivity index (χ2v) is 5.08. The Kier molecular flexibility index (Phi) is 5.00. The lowest BCUT2D eigenvalue weighted by molar-refractivity contribution is 0.579. The van der Waals surface area contributed by atoms with E-state index in [9.17, 15) is 0 Å².